The molecule has 3 aliphatic rings. The van der Waals surface area contributed by atoms with Crippen LogP contribution >= 0.6 is 11.8 Å². The quantitative estimate of drug-likeness (QED) is 0.364. The van der Waals surface area contributed by atoms with Crippen LogP contribution in [0.25, 0.3) is 0 Å². The predicted octanol–water partition coefficient (Wildman–Crippen LogP) is 0.182. The molecular formula is C19H31N3O5S. The van der Waals surface area contributed by atoms with Gasteiger partial charge < -0.3 is 30.1 Å². The highest BCUT2D eigenvalue weighted by atomic mass is 32.2. The van der Waals surface area contributed by atoms with Gasteiger partial charge in [0.1, 0.15) is 5.70 Å². The van der Waals surface area contributed by atoms with Crippen molar-refractivity contribution in [2.75, 3.05) is 40.4 Å². The summed E-state index contributed by atoms with van der Waals surface area (Å²) in [6, 6.07) is 0.00903. The highest BCUT2D eigenvalue weighted by Gasteiger charge is 2.60. The molecule has 9 heteroatoms. The van der Waals surface area contributed by atoms with Gasteiger partial charge >= 0.3 is 5.97 Å². The molecule has 3 N–H and O–H groups in total. The van der Waals surface area contributed by atoms with Gasteiger partial charge in [0, 0.05) is 35.2 Å². The number of thioether (sulfide) groups is 1. The first-order valence-electron chi connectivity index (χ1n) is 9.83. The Morgan fingerprint density at radius 3 is 2.79 bits per heavy atom. The number of likely N-dealkylation sites (N-methyl/N-ethyl adjacent to an activating group) is 1. The predicted molar refractivity (Wildman–Crippen MR) is 107 cm³/mol. The minimum absolute atomic E-state index is 0.0798. The SMILES string of the molecule is C[C@@H](O)[C@H]1C(=O)N2C(C(=O)O)=C(S[C@@H]3CN[C@H](COCCN(C)C)C3)[C@H](C)[C@H]12. The molecule has 0 aliphatic carbocycles. The van der Waals surface area contributed by atoms with Crippen molar-refractivity contribution < 1.29 is 24.5 Å². The average Bonchev–Trinajstić information content (AvgIpc) is 3.14. The Morgan fingerprint density at radius 1 is 1.46 bits per heavy atom. The zero-order valence-corrected chi connectivity index (χ0v) is 17.7. The maximum absolute atomic E-state index is 12.4. The summed E-state index contributed by atoms with van der Waals surface area (Å²) >= 11 is 1.57. The second-order valence-corrected chi connectivity index (χ2v) is 9.57. The second-order valence-electron chi connectivity index (χ2n) is 8.23. The fourth-order valence-corrected chi connectivity index (χ4v) is 5.85. The number of amides is 1. The number of hydrogen-bond acceptors (Lipinski definition) is 7. The van der Waals surface area contributed by atoms with Crippen LogP contribution in [0.15, 0.2) is 10.6 Å². The van der Waals surface area contributed by atoms with E-state index in [0.29, 0.717) is 13.2 Å². The van der Waals surface area contributed by atoms with Gasteiger partial charge in [0.25, 0.3) is 0 Å². The Kier molecular flexibility index (Phi) is 6.71. The maximum Gasteiger partial charge on any atom is 0.353 e. The van der Waals surface area contributed by atoms with Crippen molar-refractivity contribution >= 4 is 23.6 Å². The van der Waals surface area contributed by atoms with Crippen LogP contribution in [-0.2, 0) is 14.3 Å². The summed E-state index contributed by atoms with van der Waals surface area (Å²) in [6.07, 6.45) is 0.126. The minimum atomic E-state index is -1.07. The molecule has 0 unspecified atom stereocenters. The maximum atomic E-state index is 12.4. The number of nitrogens with zero attached hydrogens (tertiary/aromatic N) is 2. The van der Waals surface area contributed by atoms with Gasteiger partial charge in [-0.2, -0.15) is 0 Å². The molecule has 0 saturated carbocycles. The van der Waals surface area contributed by atoms with Crippen LogP contribution in [-0.4, -0.2) is 95.7 Å². The fourth-order valence-electron chi connectivity index (χ4n) is 4.33. The van der Waals surface area contributed by atoms with Crippen molar-refractivity contribution in [3.63, 3.8) is 0 Å². The molecule has 0 spiro atoms. The zero-order chi connectivity index (χ0) is 20.6. The lowest BCUT2D eigenvalue weighted by molar-refractivity contribution is -0.163. The largest absolute Gasteiger partial charge is 0.477 e. The molecule has 158 valence electrons. The first-order chi connectivity index (χ1) is 13.2. The molecule has 2 fully saturated rings. The lowest BCUT2D eigenvalue weighted by atomic mass is 9.79. The van der Waals surface area contributed by atoms with Gasteiger partial charge in [-0.05, 0) is 27.4 Å². The molecule has 2 saturated heterocycles. The number of β-lactam (4-membered cyclic amide) rings is 1. The van der Waals surface area contributed by atoms with Crippen molar-refractivity contribution in [3.8, 4) is 0 Å². The van der Waals surface area contributed by atoms with E-state index in [1.165, 1.54) is 4.90 Å². The van der Waals surface area contributed by atoms with E-state index in [-0.39, 0.29) is 34.9 Å². The highest BCUT2D eigenvalue weighted by Crippen LogP contribution is 2.51. The van der Waals surface area contributed by atoms with E-state index in [4.69, 9.17) is 4.74 Å². The molecule has 0 bridgehead atoms. The third-order valence-electron chi connectivity index (χ3n) is 5.79. The molecule has 3 heterocycles. The number of fused-ring (bicyclic) bond motifs is 1. The van der Waals surface area contributed by atoms with Crippen LogP contribution < -0.4 is 5.32 Å². The molecule has 28 heavy (non-hydrogen) atoms. The number of aliphatic carboxylic acids is 1. The number of rotatable bonds is 9. The highest BCUT2D eigenvalue weighted by molar-refractivity contribution is 8.03. The smallest absolute Gasteiger partial charge is 0.353 e. The van der Waals surface area contributed by atoms with Crippen molar-refractivity contribution in [3.05, 3.63) is 10.6 Å². The van der Waals surface area contributed by atoms with E-state index in [9.17, 15) is 19.8 Å². The van der Waals surface area contributed by atoms with Gasteiger partial charge in [-0.1, -0.05) is 6.92 Å². The summed E-state index contributed by atoms with van der Waals surface area (Å²) in [7, 11) is 4.02. The van der Waals surface area contributed by atoms with Gasteiger partial charge in [0.05, 0.1) is 31.3 Å². The number of nitrogens with one attached hydrogen (secondary N) is 1. The minimum Gasteiger partial charge on any atom is -0.477 e. The van der Waals surface area contributed by atoms with Gasteiger partial charge in [0.2, 0.25) is 5.91 Å². The number of carboxylic acids is 1. The molecule has 0 aromatic heterocycles. The molecule has 6 atom stereocenters. The summed E-state index contributed by atoms with van der Waals surface area (Å²) in [5.74, 6) is -1.94. The number of carboxylic acid groups (broad SMARTS) is 1. The molecule has 0 radical (unpaired) electrons. The van der Waals surface area contributed by atoms with Crippen LogP contribution in [0.3, 0.4) is 0 Å². The summed E-state index contributed by atoms with van der Waals surface area (Å²) < 4.78 is 5.73. The second kappa shape index (κ2) is 8.71. The fraction of sp³-hybridized carbons (Fsp3) is 0.789. The van der Waals surface area contributed by atoms with Gasteiger partial charge in [0.15, 0.2) is 0 Å². The van der Waals surface area contributed by atoms with Gasteiger partial charge in [-0.25, -0.2) is 4.79 Å². The number of hydrogen-bond donors (Lipinski definition) is 3. The zero-order valence-electron chi connectivity index (χ0n) is 16.9. The molecule has 1 amide bonds. The van der Waals surface area contributed by atoms with Gasteiger partial charge in [-0.3, -0.25) is 4.79 Å². The van der Waals surface area contributed by atoms with E-state index in [0.717, 1.165) is 24.4 Å². The molecule has 8 nitrogen and oxygen atoms in total. The van der Waals surface area contributed by atoms with E-state index >= 15 is 0 Å². The van der Waals surface area contributed by atoms with E-state index in [2.05, 4.69) is 10.2 Å². The van der Waals surface area contributed by atoms with Crippen molar-refractivity contribution in [2.24, 2.45) is 11.8 Å². The summed E-state index contributed by atoms with van der Waals surface area (Å²) in [5.41, 5.74) is 0.107. The normalized spacial score (nSPS) is 33.4. The van der Waals surface area contributed by atoms with E-state index < -0.39 is 18.0 Å². The van der Waals surface area contributed by atoms with Gasteiger partial charge in [-0.15, -0.1) is 11.8 Å². The number of carbonyl (C=O) groups excluding carboxylic acids is 1. The molecule has 0 aromatic rings. The Morgan fingerprint density at radius 2 is 2.18 bits per heavy atom. The Bertz CT molecular complexity index is 653. The Hall–Kier alpha value is -1.13. The lowest BCUT2D eigenvalue weighted by Crippen LogP contribution is -2.63. The number of ether oxygens (including phenoxy) is 1. The van der Waals surface area contributed by atoms with Crippen LogP contribution in [0, 0.1) is 11.8 Å². The van der Waals surface area contributed by atoms with Crippen molar-refractivity contribution in [2.45, 2.75) is 43.7 Å². The third-order valence-corrected chi connectivity index (χ3v) is 7.30. The average molecular weight is 414 g/mol. The summed E-state index contributed by atoms with van der Waals surface area (Å²) in [6.45, 7) is 6.55. The standard InChI is InChI=1S/C19H31N3O5S/c1-10-15-14(11(2)23)18(24)22(15)16(19(25)26)17(10)28-13-7-12(20-8-13)9-27-6-5-21(3)4/h10-15,20,23H,5-9H2,1-4H3,(H,25,26)/t10-,11-,12+,13+,14-,15-/m1/s1. The Labute approximate surface area is 170 Å². The Balaban J connectivity index is 1.61. The molecule has 3 aliphatic heterocycles. The first kappa shape index (κ1) is 21.6. The van der Waals surface area contributed by atoms with Crippen LogP contribution in [0.5, 0.6) is 0 Å². The molecular weight excluding hydrogens is 382 g/mol. The summed E-state index contributed by atoms with van der Waals surface area (Å²) in [4.78, 5) is 28.5. The number of carbonyl (C=O) groups is 2. The summed E-state index contributed by atoms with van der Waals surface area (Å²) in [5, 5.41) is 23.3. The molecule has 3 rings (SSSR count). The number of aliphatic hydroxyl groups excluding tert-OH is 1. The first-order valence-corrected chi connectivity index (χ1v) is 10.7. The van der Waals surface area contributed by atoms with E-state index in [1.807, 2.05) is 21.0 Å². The van der Waals surface area contributed by atoms with Crippen molar-refractivity contribution in [1.29, 1.82) is 0 Å². The topological polar surface area (TPSA) is 102 Å². The van der Waals surface area contributed by atoms with E-state index in [1.54, 1.807) is 18.7 Å². The van der Waals surface area contributed by atoms with Crippen molar-refractivity contribution in [1.82, 2.24) is 15.1 Å². The third kappa shape index (κ3) is 4.09. The van der Waals surface area contributed by atoms with Crippen LogP contribution in [0.2, 0.25) is 0 Å². The van der Waals surface area contributed by atoms with Crippen LogP contribution in [0.4, 0.5) is 0 Å². The monoisotopic (exact) mass is 413 g/mol. The number of aliphatic hydroxyl groups is 1. The molecule has 0 aromatic carbocycles. The lowest BCUT2D eigenvalue weighted by Gasteiger charge is -2.46. The van der Waals surface area contributed by atoms with Crippen LogP contribution in [0.1, 0.15) is 20.3 Å².